The molecule has 130 valence electrons. The number of carbonyl (C=O) groups excluding carboxylic acids is 1. The first-order valence-corrected chi connectivity index (χ1v) is 8.42. The van der Waals surface area contributed by atoms with Crippen LogP contribution in [-0.4, -0.2) is 35.7 Å². The van der Waals surface area contributed by atoms with Crippen LogP contribution in [0.15, 0.2) is 18.2 Å². The van der Waals surface area contributed by atoms with Crippen LogP contribution in [0.3, 0.4) is 0 Å². The summed E-state index contributed by atoms with van der Waals surface area (Å²) in [6.45, 7) is 13.9. The maximum atomic E-state index is 12.8. The Kier molecular flexibility index (Phi) is 7.07. The van der Waals surface area contributed by atoms with Crippen LogP contribution in [0.5, 0.6) is 0 Å². The van der Waals surface area contributed by atoms with Gasteiger partial charge in [-0.1, -0.05) is 52.8 Å². The summed E-state index contributed by atoms with van der Waals surface area (Å²) in [4.78, 5) is 14.6. The van der Waals surface area contributed by atoms with E-state index in [0.29, 0.717) is 25.4 Å². The molecule has 0 fully saturated rings. The summed E-state index contributed by atoms with van der Waals surface area (Å²) in [7, 11) is 0. The molecule has 1 aromatic rings. The van der Waals surface area contributed by atoms with Crippen LogP contribution in [0.4, 0.5) is 10.5 Å². The van der Waals surface area contributed by atoms with Gasteiger partial charge in [-0.25, -0.2) is 4.79 Å². The highest BCUT2D eigenvalue weighted by atomic mass is 16.3. The molecular formula is C19H32N2O2. The zero-order valence-electron chi connectivity index (χ0n) is 15.4. The first-order chi connectivity index (χ1) is 10.7. The molecule has 1 rings (SSSR count). The van der Waals surface area contributed by atoms with Crippen LogP contribution < -0.4 is 5.32 Å². The number of anilines is 1. The van der Waals surface area contributed by atoms with E-state index in [-0.39, 0.29) is 18.1 Å². The second-order valence-electron chi connectivity index (χ2n) is 7.68. The van der Waals surface area contributed by atoms with Gasteiger partial charge in [0, 0.05) is 25.4 Å². The lowest BCUT2D eigenvalue weighted by Gasteiger charge is -2.30. The van der Waals surface area contributed by atoms with E-state index in [9.17, 15) is 4.79 Å². The van der Waals surface area contributed by atoms with Crippen LogP contribution in [0.2, 0.25) is 0 Å². The van der Waals surface area contributed by atoms with Gasteiger partial charge in [0.2, 0.25) is 0 Å². The average Bonchev–Trinajstić information content (AvgIpc) is 2.43. The van der Waals surface area contributed by atoms with Gasteiger partial charge in [0.05, 0.1) is 0 Å². The molecule has 2 amide bonds. The minimum atomic E-state index is -0.0930. The second kappa shape index (κ2) is 8.34. The normalized spacial score (nSPS) is 11.7. The van der Waals surface area contributed by atoms with Crippen molar-refractivity contribution < 1.29 is 9.90 Å². The van der Waals surface area contributed by atoms with Gasteiger partial charge in [-0.05, 0) is 35.8 Å². The quantitative estimate of drug-likeness (QED) is 0.817. The van der Waals surface area contributed by atoms with Crippen molar-refractivity contribution >= 4 is 11.7 Å². The molecule has 1 aromatic carbocycles. The molecular weight excluding hydrogens is 288 g/mol. The van der Waals surface area contributed by atoms with Crippen LogP contribution in [0.1, 0.15) is 58.1 Å². The molecule has 4 nitrogen and oxygen atoms in total. The number of nitrogens with zero attached hydrogens (tertiary/aromatic N) is 1. The zero-order chi connectivity index (χ0) is 17.6. The van der Waals surface area contributed by atoms with E-state index in [2.05, 4.69) is 46.0 Å². The molecule has 0 saturated heterocycles. The molecule has 0 spiro atoms. The Balaban J connectivity index is 2.98. The minimum absolute atomic E-state index is 0.0133. The molecule has 2 N–H and O–H groups in total. The summed E-state index contributed by atoms with van der Waals surface area (Å²) >= 11 is 0. The number of nitrogens with one attached hydrogen (secondary N) is 1. The van der Waals surface area contributed by atoms with Crippen molar-refractivity contribution in [3.05, 3.63) is 29.3 Å². The summed E-state index contributed by atoms with van der Waals surface area (Å²) in [5.41, 5.74) is 3.15. The van der Waals surface area contributed by atoms with Crippen molar-refractivity contribution in [2.75, 3.05) is 25.0 Å². The fraction of sp³-hybridized carbons (Fsp3) is 0.632. The number of aryl methyl sites for hydroxylation is 1. The number of carbonyl (C=O) groups is 1. The van der Waals surface area contributed by atoms with Gasteiger partial charge in [0.25, 0.3) is 0 Å². The molecule has 23 heavy (non-hydrogen) atoms. The van der Waals surface area contributed by atoms with Crippen LogP contribution in [-0.2, 0) is 0 Å². The van der Waals surface area contributed by atoms with Gasteiger partial charge in [-0.3, -0.25) is 0 Å². The molecule has 0 aliphatic heterocycles. The Morgan fingerprint density at radius 3 is 2.48 bits per heavy atom. The van der Waals surface area contributed by atoms with Crippen LogP contribution >= 0.6 is 0 Å². The summed E-state index contributed by atoms with van der Waals surface area (Å²) in [6, 6.07) is 6.02. The summed E-state index contributed by atoms with van der Waals surface area (Å²) in [6.07, 6.45) is 0.592. The molecule has 0 aliphatic rings. The Bertz CT molecular complexity index is 519. The lowest BCUT2D eigenvalue weighted by molar-refractivity contribution is 0.176. The van der Waals surface area contributed by atoms with E-state index in [1.165, 1.54) is 0 Å². The Morgan fingerprint density at radius 1 is 1.30 bits per heavy atom. The fourth-order valence-electron chi connectivity index (χ4n) is 2.61. The van der Waals surface area contributed by atoms with E-state index < -0.39 is 0 Å². The standard InChI is InChI=1S/C19H32N2O2/c1-14(2)16-10-7-9-15(3)17(16)20-18(23)21(11-8-12-22)13-19(4,5)6/h7,9-10,14,22H,8,11-13H2,1-6H3,(H,20,23). The highest BCUT2D eigenvalue weighted by Crippen LogP contribution is 2.28. The Labute approximate surface area is 140 Å². The minimum Gasteiger partial charge on any atom is -0.396 e. The van der Waals surface area contributed by atoms with Crippen molar-refractivity contribution in [3.8, 4) is 0 Å². The topological polar surface area (TPSA) is 52.6 Å². The van der Waals surface area contributed by atoms with Crippen molar-refractivity contribution in [1.29, 1.82) is 0 Å². The molecule has 0 heterocycles. The fourth-order valence-corrected chi connectivity index (χ4v) is 2.61. The van der Waals surface area contributed by atoms with Crippen molar-refractivity contribution in [1.82, 2.24) is 4.90 Å². The van der Waals surface area contributed by atoms with Crippen molar-refractivity contribution in [2.24, 2.45) is 5.41 Å². The number of benzene rings is 1. The third-order valence-electron chi connectivity index (χ3n) is 3.70. The molecule has 0 unspecified atom stereocenters. The molecule has 0 aliphatic carbocycles. The number of para-hydroxylation sites is 1. The molecule has 0 aromatic heterocycles. The highest BCUT2D eigenvalue weighted by molar-refractivity contribution is 5.91. The first-order valence-electron chi connectivity index (χ1n) is 8.42. The number of amides is 2. The number of rotatable bonds is 6. The summed E-state index contributed by atoms with van der Waals surface area (Å²) < 4.78 is 0. The van der Waals surface area contributed by atoms with Crippen LogP contribution in [0, 0.1) is 12.3 Å². The van der Waals surface area contributed by atoms with E-state index in [0.717, 1.165) is 16.8 Å². The van der Waals surface area contributed by atoms with Crippen LogP contribution in [0.25, 0.3) is 0 Å². The van der Waals surface area contributed by atoms with Gasteiger partial charge < -0.3 is 15.3 Å². The lowest BCUT2D eigenvalue weighted by atomic mass is 9.96. The maximum Gasteiger partial charge on any atom is 0.321 e. The third kappa shape index (κ3) is 6.22. The zero-order valence-corrected chi connectivity index (χ0v) is 15.4. The van der Waals surface area contributed by atoms with Gasteiger partial charge in [-0.2, -0.15) is 0 Å². The summed E-state index contributed by atoms with van der Waals surface area (Å²) in [5, 5.41) is 12.2. The van der Waals surface area contributed by atoms with E-state index in [1.54, 1.807) is 4.90 Å². The predicted molar refractivity (Wildman–Crippen MR) is 97.0 cm³/mol. The van der Waals surface area contributed by atoms with E-state index in [1.807, 2.05) is 19.1 Å². The predicted octanol–water partition coefficient (Wildman–Crippen LogP) is 4.38. The van der Waals surface area contributed by atoms with Crippen molar-refractivity contribution in [3.63, 3.8) is 0 Å². The molecule has 0 radical (unpaired) electrons. The Morgan fingerprint density at radius 2 is 1.96 bits per heavy atom. The van der Waals surface area contributed by atoms with Crippen molar-refractivity contribution in [2.45, 2.75) is 53.9 Å². The van der Waals surface area contributed by atoms with E-state index >= 15 is 0 Å². The molecule has 0 saturated carbocycles. The number of hydrogen-bond acceptors (Lipinski definition) is 2. The molecule has 0 atom stereocenters. The summed E-state index contributed by atoms with van der Waals surface area (Å²) in [5.74, 6) is 0.346. The third-order valence-corrected chi connectivity index (χ3v) is 3.70. The van der Waals surface area contributed by atoms with Gasteiger partial charge in [0.15, 0.2) is 0 Å². The van der Waals surface area contributed by atoms with E-state index in [4.69, 9.17) is 5.11 Å². The SMILES string of the molecule is Cc1cccc(C(C)C)c1NC(=O)N(CCCO)CC(C)(C)C. The number of aliphatic hydroxyl groups excluding tert-OH is 1. The number of hydrogen-bond donors (Lipinski definition) is 2. The smallest absolute Gasteiger partial charge is 0.321 e. The van der Waals surface area contributed by atoms with Gasteiger partial charge in [0.1, 0.15) is 0 Å². The average molecular weight is 320 g/mol. The number of aliphatic hydroxyl groups is 1. The molecule has 4 heteroatoms. The first kappa shape index (κ1) is 19.5. The lowest BCUT2D eigenvalue weighted by Crippen LogP contribution is -2.41. The van der Waals surface area contributed by atoms with Gasteiger partial charge in [-0.15, -0.1) is 0 Å². The highest BCUT2D eigenvalue weighted by Gasteiger charge is 2.22. The maximum absolute atomic E-state index is 12.8. The van der Waals surface area contributed by atoms with Gasteiger partial charge >= 0.3 is 6.03 Å². The monoisotopic (exact) mass is 320 g/mol. The number of urea groups is 1. The Hall–Kier alpha value is -1.55. The molecule has 0 bridgehead atoms. The largest absolute Gasteiger partial charge is 0.396 e. The second-order valence-corrected chi connectivity index (χ2v) is 7.68.